The van der Waals surface area contributed by atoms with Gasteiger partial charge >= 0.3 is 0 Å². The van der Waals surface area contributed by atoms with E-state index in [1.165, 1.54) is 19.3 Å². The van der Waals surface area contributed by atoms with E-state index in [4.69, 9.17) is 5.73 Å². The smallest absolute Gasteiger partial charge is 0.0568 e. The maximum absolute atomic E-state index is 9.44. The van der Waals surface area contributed by atoms with Crippen LogP contribution < -0.4 is 5.73 Å². The van der Waals surface area contributed by atoms with Gasteiger partial charge < -0.3 is 10.8 Å². The van der Waals surface area contributed by atoms with Crippen LogP contribution in [0.15, 0.2) is 0 Å². The lowest BCUT2D eigenvalue weighted by Gasteiger charge is -2.26. The Morgan fingerprint density at radius 1 is 1.30 bits per heavy atom. The molecule has 0 unspecified atom stereocenters. The van der Waals surface area contributed by atoms with Crippen molar-refractivity contribution in [3.8, 4) is 0 Å². The van der Waals surface area contributed by atoms with Gasteiger partial charge in [0.1, 0.15) is 0 Å². The zero-order valence-corrected chi connectivity index (χ0v) is 6.42. The number of nitrogens with two attached hydrogens (primary N) is 1. The van der Waals surface area contributed by atoms with Crippen LogP contribution in [0.5, 0.6) is 0 Å². The Labute approximate surface area is 62.4 Å². The van der Waals surface area contributed by atoms with Crippen LogP contribution in [0.2, 0.25) is 0 Å². The third-order valence-electron chi connectivity index (χ3n) is 2.41. The molecule has 1 aliphatic carbocycles. The number of hydrogen-bond donors (Lipinski definition) is 2. The molecule has 0 bridgehead atoms. The van der Waals surface area contributed by atoms with Gasteiger partial charge in [-0.1, -0.05) is 12.8 Å². The van der Waals surface area contributed by atoms with Gasteiger partial charge in [-0.15, -0.1) is 0 Å². The summed E-state index contributed by atoms with van der Waals surface area (Å²) in [5, 5.41) is 9.44. The molecule has 1 aliphatic rings. The Morgan fingerprint density at radius 3 is 2.60 bits per heavy atom. The van der Waals surface area contributed by atoms with Crippen LogP contribution in [-0.2, 0) is 0 Å². The summed E-state index contributed by atoms with van der Waals surface area (Å²) in [4.78, 5) is 0. The molecule has 60 valence electrons. The molecule has 1 rings (SSSR count). The fourth-order valence-corrected chi connectivity index (χ4v) is 1.74. The van der Waals surface area contributed by atoms with Gasteiger partial charge in [-0.05, 0) is 31.7 Å². The Bertz CT molecular complexity index is 93.3. The molecule has 0 aromatic rings. The Balaban J connectivity index is 2.25. The van der Waals surface area contributed by atoms with Crippen LogP contribution in [0.1, 0.15) is 32.1 Å². The van der Waals surface area contributed by atoms with Crippen molar-refractivity contribution in [1.29, 1.82) is 0 Å². The van der Waals surface area contributed by atoms with Crippen molar-refractivity contribution in [2.24, 2.45) is 11.7 Å². The summed E-state index contributed by atoms with van der Waals surface area (Å²) in [7, 11) is 0. The first-order valence-corrected chi connectivity index (χ1v) is 4.22. The molecule has 1 saturated carbocycles. The van der Waals surface area contributed by atoms with Crippen molar-refractivity contribution < 1.29 is 5.11 Å². The molecule has 0 heterocycles. The Kier molecular flexibility index (Phi) is 3.16. The van der Waals surface area contributed by atoms with Crippen molar-refractivity contribution in [2.75, 3.05) is 6.54 Å². The molecular formula is C8H17NO. The predicted octanol–water partition coefficient (Wildman–Crippen LogP) is 0.886. The first-order chi connectivity index (χ1) is 4.84. The average Bonchev–Trinajstić information content (AvgIpc) is 1.94. The van der Waals surface area contributed by atoms with Crippen molar-refractivity contribution in [2.45, 2.75) is 38.2 Å². The second-order valence-corrected chi connectivity index (χ2v) is 3.19. The molecule has 0 aromatic heterocycles. The second kappa shape index (κ2) is 3.94. The highest BCUT2D eigenvalue weighted by molar-refractivity contribution is 4.74. The molecule has 2 atom stereocenters. The first-order valence-electron chi connectivity index (χ1n) is 4.22. The van der Waals surface area contributed by atoms with Crippen molar-refractivity contribution >= 4 is 0 Å². The second-order valence-electron chi connectivity index (χ2n) is 3.19. The van der Waals surface area contributed by atoms with Crippen molar-refractivity contribution in [3.63, 3.8) is 0 Å². The van der Waals surface area contributed by atoms with E-state index in [-0.39, 0.29) is 6.10 Å². The third-order valence-corrected chi connectivity index (χ3v) is 2.41. The zero-order valence-electron chi connectivity index (χ0n) is 6.42. The fourth-order valence-electron chi connectivity index (χ4n) is 1.74. The maximum atomic E-state index is 9.44. The van der Waals surface area contributed by atoms with E-state index >= 15 is 0 Å². The molecule has 3 N–H and O–H groups in total. The third kappa shape index (κ3) is 1.96. The molecule has 0 aliphatic heterocycles. The molecule has 1 fully saturated rings. The van der Waals surface area contributed by atoms with Gasteiger partial charge in [0.2, 0.25) is 0 Å². The van der Waals surface area contributed by atoms with Crippen LogP contribution in [0, 0.1) is 5.92 Å². The van der Waals surface area contributed by atoms with Crippen LogP contribution in [-0.4, -0.2) is 17.8 Å². The summed E-state index contributed by atoms with van der Waals surface area (Å²) in [6.07, 6.45) is 5.59. The lowest BCUT2D eigenvalue weighted by atomic mass is 9.84. The predicted molar refractivity (Wildman–Crippen MR) is 41.6 cm³/mol. The molecule has 0 aromatic carbocycles. The van der Waals surface area contributed by atoms with Gasteiger partial charge in [0.15, 0.2) is 0 Å². The van der Waals surface area contributed by atoms with E-state index in [9.17, 15) is 5.11 Å². The van der Waals surface area contributed by atoms with Gasteiger partial charge in [0.05, 0.1) is 6.10 Å². The van der Waals surface area contributed by atoms with Gasteiger partial charge in [0.25, 0.3) is 0 Å². The van der Waals surface area contributed by atoms with Gasteiger partial charge in [-0.25, -0.2) is 0 Å². The topological polar surface area (TPSA) is 46.2 Å². The summed E-state index contributed by atoms with van der Waals surface area (Å²) in [5.74, 6) is 0.499. The quantitative estimate of drug-likeness (QED) is 0.603. The monoisotopic (exact) mass is 143 g/mol. The highest BCUT2D eigenvalue weighted by atomic mass is 16.3. The molecule has 10 heavy (non-hydrogen) atoms. The standard InChI is InChI=1S/C8H17NO/c9-6-5-7-3-1-2-4-8(7)10/h7-8,10H,1-6,9H2/t7-,8+/m0/s1. The summed E-state index contributed by atoms with van der Waals surface area (Å²) in [6, 6.07) is 0. The minimum atomic E-state index is -0.0581. The number of rotatable bonds is 2. The summed E-state index contributed by atoms with van der Waals surface area (Å²) >= 11 is 0. The minimum Gasteiger partial charge on any atom is -0.393 e. The number of aliphatic hydroxyl groups is 1. The van der Waals surface area contributed by atoms with Crippen LogP contribution >= 0.6 is 0 Å². The number of aliphatic hydroxyl groups excluding tert-OH is 1. The summed E-state index contributed by atoms with van der Waals surface area (Å²) < 4.78 is 0. The minimum absolute atomic E-state index is 0.0581. The zero-order chi connectivity index (χ0) is 7.40. The molecule has 2 nitrogen and oxygen atoms in total. The fraction of sp³-hybridized carbons (Fsp3) is 1.00. The van der Waals surface area contributed by atoms with Crippen LogP contribution in [0.4, 0.5) is 0 Å². The number of hydrogen-bond acceptors (Lipinski definition) is 2. The normalized spacial score (nSPS) is 34.2. The molecule has 0 spiro atoms. The largest absolute Gasteiger partial charge is 0.393 e. The molecule has 0 saturated heterocycles. The Morgan fingerprint density at radius 2 is 2.00 bits per heavy atom. The van der Waals surface area contributed by atoms with E-state index in [1.807, 2.05) is 0 Å². The van der Waals surface area contributed by atoms with E-state index < -0.39 is 0 Å². The highest BCUT2D eigenvalue weighted by Gasteiger charge is 2.21. The highest BCUT2D eigenvalue weighted by Crippen LogP contribution is 2.26. The van der Waals surface area contributed by atoms with Gasteiger partial charge in [-0.2, -0.15) is 0 Å². The molecular weight excluding hydrogens is 126 g/mol. The van der Waals surface area contributed by atoms with Crippen LogP contribution in [0.3, 0.4) is 0 Å². The lowest BCUT2D eigenvalue weighted by Crippen LogP contribution is -2.26. The van der Waals surface area contributed by atoms with E-state index in [2.05, 4.69) is 0 Å². The molecule has 2 heteroatoms. The van der Waals surface area contributed by atoms with E-state index in [1.54, 1.807) is 0 Å². The lowest BCUT2D eigenvalue weighted by molar-refractivity contribution is 0.0666. The SMILES string of the molecule is NCC[C@@H]1CCCC[C@H]1O. The van der Waals surface area contributed by atoms with Gasteiger partial charge in [0, 0.05) is 0 Å². The molecule has 0 radical (unpaired) electrons. The van der Waals surface area contributed by atoms with Crippen molar-refractivity contribution in [3.05, 3.63) is 0 Å². The van der Waals surface area contributed by atoms with Crippen LogP contribution in [0.25, 0.3) is 0 Å². The van der Waals surface area contributed by atoms with E-state index in [0.29, 0.717) is 5.92 Å². The first kappa shape index (κ1) is 8.02. The molecule has 0 amide bonds. The summed E-state index contributed by atoms with van der Waals surface area (Å²) in [5.41, 5.74) is 5.41. The van der Waals surface area contributed by atoms with Gasteiger partial charge in [-0.3, -0.25) is 0 Å². The van der Waals surface area contributed by atoms with E-state index in [0.717, 1.165) is 19.4 Å². The average molecular weight is 143 g/mol. The van der Waals surface area contributed by atoms with Crippen molar-refractivity contribution in [1.82, 2.24) is 0 Å². The summed E-state index contributed by atoms with van der Waals surface area (Å²) in [6.45, 7) is 0.724. The Hall–Kier alpha value is -0.0800. The maximum Gasteiger partial charge on any atom is 0.0568 e.